The summed E-state index contributed by atoms with van der Waals surface area (Å²) >= 11 is 9.07. The van der Waals surface area contributed by atoms with Gasteiger partial charge in [-0.2, -0.15) is 0 Å². The van der Waals surface area contributed by atoms with E-state index in [0.717, 1.165) is 0 Å². The number of amides is 1. The van der Waals surface area contributed by atoms with Crippen molar-refractivity contribution in [1.82, 2.24) is 0 Å². The average Bonchev–Trinajstić information content (AvgIpc) is 2.84. The highest BCUT2D eigenvalue weighted by Crippen LogP contribution is 2.23. The van der Waals surface area contributed by atoms with Crippen molar-refractivity contribution in [3.05, 3.63) is 57.4 Å². The molecule has 0 aliphatic carbocycles. The second kappa shape index (κ2) is 6.60. The van der Waals surface area contributed by atoms with Crippen LogP contribution in [0.5, 0.6) is 0 Å². The van der Waals surface area contributed by atoms with Crippen molar-refractivity contribution >= 4 is 51.2 Å². The van der Waals surface area contributed by atoms with E-state index >= 15 is 0 Å². The minimum atomic E-state index is -1.09. The lowest BCUT2D eigenvalue weighted by Crippen LogP contribution is -2.08. The molecule has 0 aliphatic heterocycles. The molecule has 1 amide bonds. The van der Waals surface area contributed by atoms with Gasteiger partial charge in [0, 0.05) is 6.08 Å². The van der Waals surface area contributed by atoms with E-state index < -0.39 is 11.9 Å². The first-order valence-electron chi connectivity index (χ1n) is 5.73. The van der Waals surface area contributed by atoms with Gasteiger partial charge in [-0.05, 0) is 52.3 Å². The Hall–Kier alpha value is -2.05. The largest absolute Gasteiger partial charge is 0.478 e. The number of aromatic carboxylic acids is 1. The van der Waals surface area contributed by atoms with Crippen molar-refractivity contribution in [2.75, 3.05) is 5.32 Å². The summed E-state index contributed by atoms with van der Waals surface area (Å²) in [6.07, 6.45) is 2.78. The van der Waals surface area contributed by atoms with E-state index in [9.17, 15) is 9.59 Å². The fraction of sp³-hybridized carbons (Fsp3) is 0. The lowest BCUT2D eigenvalue weighted by Gasteiger charge is -2.05. The molecule has 0 fully saturated rings. The molecule has 0 saturated heterocycles. The van der Waals surface area contributed by atoms with Gasteiger partial charge in [0.1, 0.15) is 5.76 Å². The van der Waals surface area contributed by atoms with Gasteiger partial charge in [-0.15, -0.1) is 0 Å². The average molecular weight is 371 g/mol. The zero-order chi connectivity index (χ0) is 15.4. The van der Waals surface area contributed by atoms with E-state index in [4.69, 9.17) is 21.1 Å². The zero-order valence-electron chi connectivity index (χ0n) is 10.5. The summed E-state index contributed by atoms with van der Waals surface area (Å²) in [6.45, 7) is 0. The first-order valence-corrected chi connectivity index (χ1v) is 6.90. The van der Waals surface area contributed by atoms with E-state index in [2.05, 4.69) is 21.2 Å². The minimum Gasteiger partial charge on any atom is -0.478 e. The molecule has 21 heavy (non-hydrogen) atoms. The molecule has 0 radical (unpaired) electrons. The highest BCUT2D eigenvalue weighted by Gasteiger charge is 2.08. The summed E-state index contributed by atoms with van der Waals surface area (Å²) in [5, 5.41) is 11.5. The van der Waals surface area contributed by atoms with E-state index in [0.29, 0.717) is 16.1 Å². The van der Waals surface area contributed by atoms with Crippen LogP contribution in [0.1, 0.15) is 16.1 Å². The number of carbonyl (C=O) groups is 2. The third kappa shape index (κ3) is 4.21. The smallest absolute Gasteiger partial charge is 0.335 e. The second-order valence-corrected chi connectivity index (χ2v) is 5.15. The van der Waals surface area contributed by atoms with E-state index in [1.54, 1.807) is 12.1 Å². The van der Waals surface area contributed by atoms with Crippen LogP contribution in [0.2, 0.25) is 5.02 Å². The SMILES string of the molecule is O=C(C=Cc1ccc(Br)o1)Nc1ccc(C(=O)O)cc1Cl. The van der Waals surface area contributed by atoms with Crippen molar-refractivity contribution in [3.8, 4) is 0 Å². The maximum Gasteiger partial charge on any atom is 0.335 e. The molecule has 0 aliphatic rings. The van der Waals surface area contributed by atoms with E-state index in [1.165, 1.54) is 30.4 Å². The number of benzene rings is 1. The number of carboxylic acid groups (broad SMARTS) is 1. The van der Waals surface area contributed by atoms with Crippen LogP contribution in [0, 0.1) is 0 Å². The Bertz CT molecular complexity index is 724. The highest BCUT2D eigenvalue weighted by molar-refractivity contribution is 9.10. The number of furan rings is 1. The summed E-state index contributed by atoms with van der Waals surface area (Å²) in [5.41, 5.74) is 0.380. The standard InChI is InChI=1S/C14H9BrClNO4/c15-12-5-2-9(21-12)3-6-13(18)17-11-4-1-8(14(19)20)7-10(11)16/h1-7H,(H,17,18)(H,19,20). The number of nitrogens with one attached hydrogen (secondary N) is 1. The Morgan fingerprint density at radius 3 is 2.62 bits per heavy atom. The second-order valence-electron chi connectivity index (χ2n) is 3.96. The van der Waals surface area contributed by atoms with Gasteiger partial charge in [0.25, 0.3) is 0 Å². The normalized spacial score (nSPS) is 10.8. The van der Waals surface area contributed by atoms with Crippen molar-refractivity contribution in [2.45, 2.75) is 0 Å². The Morgan fingerprint density at radius 2 is 2.05 bits per heavy atom. The first kappa shape index (κ1) is 15.3. The lowest BCUT2D eigenvalue weighted by atomic mass is 10.2. The van der Waals surface area contributed by atoms with Crippen LogP contribution in [0.15, 0.2) is 45.5 Å². The molecule has 1 aromatic carbocycles. The van der Waals surface area contributed by atoms with Crippen molar-refractivity contribution in [1.29, 1.82) is 0 Å². The van der Waals surface area contributed by atoms with Crippen LogP contribution >= 0.6 is 27.5 Å². The Kier molecular flexibility index (Phi) is 4.82. The molecule has 0 bridgehead atoms. The van der Waals surface area contributed by atoms with Crippen LogP contribution in [-0.4, -0.2) is 17.0 Å². The number of hydrogen-bond acceptors (Lipinski definition) is 3. The van der Waals surface area contributed by atoms with Crippen LogP contribution < -0.4 is 5.32 Å². The third-order valence-electron chi connectivity index (χ3n) is 2.47. The summed E-state index contributed by atoms with van der Waals surface area (Å²) in [6, 6.07) is 7.46. The van der Waals surface area contributed by atoms with Gasteiger partial charge >= 0.3 is 5.97 Å². The number of anilines is 1. The van der Waals surface area contributed by atoms with Crippen LogP contribution in [0.3, 0.4) is 0 Å². The molecule has 0 saturated carbocycles. The molecular weight excluding hydrogens is 362 g/mol. The first-order chi connectivity index (χ1) is 9.95. The maximum absolute atomic E-state index is 11.7. The molecule has 2 rings (SSSR count). The Labute approximate surface area is 133 Å². The number of carbonyl (C=O) groups excluding carboxylic acids is 1. The zero-order valence-corrected chi connectivity index (χ0v) is 12.8. The Morgan fingerprint density at radius 1 is 1.29 bits per heavy atom. The molecular formula is C14H9BrClNO4. The van der Waals surface area contributed by atoms with Crippen molar-refractivity contribution in [2.24, 2.45) is 0 Å². The number of carboxylic acids is 1. The van der Waals surface area contributed by atoms with Gasteiger partial charge in [-0.3, -0.25) is 4.79 Å². The van der Waals surface area contributed by atoms with Gasteiger partial charge in [-0.25, -0.2) is 4.79 Å². The van der Waals surface area contributed by atoms with Gasteiger partial charge in [0.15, 0.2) is 4.67 Å². The summed E-state index contributed by atoms with van der Waals surface area (Å²) < 4.78 is 5.77. The molecule has 2 aromatic rings. The lowest BCUT2D eigenvalue weighted by molar-refractivity contribution is -0.111. The monoisotopic (exact) mass is 369 g/mol. The molecule has 5 nitrogen and oxygen atoms in total. The summed E-state index contributed by atoms with van der Waals surface area (Å²) in [5.74, 6) is -0.977. The van der Waals surface area contributed by atoms with Crippen molar-refractivity contribution < 1.29 is 19.1 Å². The maximum atomic E-state index is 11.7. The molecule has 0 atom stereocenters. The van der Waals surface area contributed by atoms with Gasteiger partial charge in [0.05, 0.1) is 16.3 Å². The molecule has 2 N–H and O–H groups in total. The molecule has 0 unspecified atom stereocenters. The predicted octanol–water partition coefficient (Wildman–Crippen LogP) is 4.05. The molecule has 0 spiro atoms. The minimum absolute atomic E-state index is 0.0500. The topological polar surface area (TPSA) is 79.5 Å². The third-order valence-corrected chi connectivity index (χ3v) is 3.21. The van der Waals surface area contributed by atoms with Crippen LogP contribution in [0.25, 0.3) is 6.08 Å². The molecule has 7 heteroatoms. The fourth-order valence-electron chi connectivity index (χ4n) is 1.50. The predicted molar refractivity (Wildman–Crippen MR) is 82.5 cm³/mol. The van der Waals surface area contributed by atoms with Gasteiger partial charge < -0.3 is 14.8 Å². The Balaban J connectivity index is 2.06. The fourth-order valence-corrected chi connectivity index (χ4v) is 2.05. The molecule has 1 heterocycles. The molecule has 108 valence electrons. The number of rotatable bonds is 4. The highest BCUT2D eigenvalue weighted by atomic mass is 79.9. The van der Waals surface area contributed by atoms with Crippen LogP contribution in [0.4, 0.5) is 5.69 Å². The number of hydrogen-bond donors (Lipinski definition) is 2. The van der Waals surface area contributed by atoms with Gasteiger partial charge in [0.2, 0.25) is 5.91 Å². The molecule has 1 aromatic heterocycles. The van der Waals surface area contributed by atoms with Gasteiger partial charge in [-0.1, -0.05) is 11.6 Å². The summed E-state index contributed by atoms with van der Waals surface area (Å²) in [4.78, 5) is 22.5. The van der Waals surface area contributed by atoms with Crippen LogP contribution in [-0.2, 0) is 4.79 Å². The van der Waals surface area contributed by atoms with E-state index in [-0.39, 0.29) is 10.6 Å². The number of halogens is 2. The van der Waals surface area contributed by atoms with E-state index in [1.807, 2.05) is 0 Å². The quantitative estimate of drug-likeness (QED) is 0.796. The van der Waals surface area contributed by atoms with Crippen molar-refractivity contribution in [3.63, 3.8) is 0 Å². The summed E-state index contributed by atoms with van der Waals surface area (Å²) in [7, 11) is 0.